The zero-order valence-corrected chi connectivity index (χ0v) is 11.2. The molecule has 3 rings (SSSR count). The van der Waals surface area contributed by atoms with Crippen LogP contribution in [-0.2, 0) is 20.8 Å². The summed E-state index contributed by atoms with van der Waals surface area (Å²) in [5, 5.41) is 0. The van der Waals surface area contributed by atoms with Crippen LogP contribution in [0.2, 0.25) is 0 Å². The number of nitrogen functional groups attached to an aromatic ring is 1. The van der Waals surface area contributed by atoms with E-state index < -0.39 is 11.9 Å². The summed E-state index contributed by atoms with van der Waals surface area (Å²) < 4.78 is 12.5. The molecule has 0 aliphatic carbocycles. The van der Waals surface area contributed by atoms with E-state index in [1.807, 2.05) is 4.57 Å². The number of hydrogen-bond donors (Lipinski definition) is 1. The van der Waals surface area contributed by atoms with Gasteiger partial charge in [0.05, 0.1) is 6.33 Å². The van der Waals surface area contributed by atoms with Crippen LogP contribution in [0, 0.1) is 0 Å². The largest absolute Gasteiger partial charge is 0.432 e. The zero-order valence-electron chi connectivity index (χ0n) is 11.2. The van der Waals surface area contributed by atoms with E-state index in [0.717, 1.165) is 0 Å². The van der Waals surface area contributed by atoms with Crippen molar-refractivity contribution in [2.45, 2.75) is 38.7 Å². The van der Waals surface area contributed by atoms with Crippen molar-refractivity contribution in [3.05, 3.63) is 12.7 Å². The summed E-state index contributed by atoms with van der Waals surface area (Å²) in [6.45, 7) is 3.96. The summed E-state index contributed by atoms with van der Waals surface area (Å²) in [6, 6.07) is 0. The van der Waals surface area contributed by atoms with Gasteiger partial charge in [0.15, 0.2) is 17.6 Å². The summed E-state index contributed by atoms with van der Waals surface area (Å²) >= 11 is 0. The third-order valence-corrected chi connectivity index (χ3v) is 3.10. The molecule has 1 saturated heterocycles. The average Bonchev–Trinajstić information content (AvgIpc) is 2.89. The minimum atomic E-state index is -0.856. The Labute approximate surface area is 114 Å². The summed E-state index contributed by atoms with van der Waals surface area (Å²) in [5.41, 5.74) is 6.92. The van der Waals surface area contributed by atoms with Crippen molar-refractivity contribution in [2.75, 3.05) is 5.73 Å². The normalized spacial score (nSPS) is 21.3. The summed E-state index contributed by atoms with van der Waals surface area (Å²) in [4.78, 5) is 23.8. The van der Waals surface area contributed by atoms with Gasteiger partial charge in [-0.1, -0.05) is 0 Å². The summed E-state index contributed by atoms with van der Waals surface area (Å²) in [5.74, 6) is -0.856. The highest BCUT2D eigenvalue weighted by Gasteiger charge is 2.40. The third kappa shape index (κ3) is 2.18. The number of anilines is 1. The molecule has 0 saturated carbocycles. The molecule has 0 amide bonds. The maximum atomic E-state index is 11.6. The van der Waals surface area contributed by atoms with E-state index in [2.05, 4.69) is 15.0 Å². The molecule has 20 heavy (non-hydrogen) atoms. The lowest BCUT2D eigenvalue weighted by molar-refractivity contribution is -0.160. The topological polar surface area (TPSA) is 105 Å². The fourth-order valence-electron chi connectivity index (χ4n) is 2.22. The number of cyclic esters (lactones) is 1. The van der Waals surface area contributed by atoms with E-state index in [0.29, 0.717) is 29.9 Å². The van der Waals surface area contributed by atoms with E-state index in [1.165, 1.54) is 6.33 Å². The fourth-order valence-corrected chi connectivity index (χ4v) is 2.22. The molecule has 2 aromatic heterocycles. The van der Waals surface area contributed by atoms with Crippen molar-refractivity contribution < 1.29 is 14.3 Å². The van der Waals surface area contributed by atoms with Crippen LogP contribution in [0.4, 0.5) is 5.82 Å². The van der Waals surface area contributed by atoms with E-state index in [-0.39, 0.29) is 5.97 Å². The first-order valence-corrected chi connectivity index (χ1v) is 6.28. The molecule has 3 heterocycles. The molecule has 0 aromatic carbocycles. The molecule has 1 aliphatic heterocycles. The van der Waals surface area contributed by atoms with Crippen LogP contribution in [0.1, 0.15) is 20.3 Å². The number of imidazole rings is 1. The van der Waals surface area contributed by atoms with E-state index in [1.54, 1.807) is 20.2 Å². The quantitative estimate of drug-likeness (QED) is 0.813. The Bertz CT molecular complexity index is 666. The van der Waals surface area contributed by atoms with Crippen LogP contribution in [0.3, 0.4) is 0 Å². The van der Waals surface area contributed by atoms with Crippen molar-refractivity contribution in [3.63, 3.8) is 0 Å². The fraction of sp³-hybridized carbons (Fsp3) is 0.500. The average molecular weight is 277 g/mol. The van der Waals surface area contributed by atoms with Gasteiger partial charge < -0.3 is 19.8 Å². The van der Waals surface area contributed by atoms with Crippen molar-refractivity contribution in [1.82, 2.24) is 19.5 Å². The Morgan fingerprint density at radius 1 is 1.40 bits per heavy atom. The number of fused-ring (bicyclic) bond motifs is 1. The second-order valence-corrected chi connectivity index (χ2v) is 5.09. The molecule has 2 N–H and O–H groups in total. The van der Waals surface area contributed by atoms with Gasteiger partial charge in [-0.2, -0.15) is 0 Å². The molecule has 1 atom stereocenters. The van der Waals surface area contributed by atoms with Gasteiger partial charge in [0.2, 0.25) is 5.79 Å². The van der Waals surface area contributed by atoms with Gasteiger partial charge in [-0.15, -0.1) is 0 Å². The third-order valence-electron chi connectivity index (χ3n) is 3.10. The van der Waals surface area contributed by atoms with Gasteiger partial charge in [-0.3, -0.25) is 0 Å². The van der Waals surface area contributed by atoms with Gasteiger partial charge in [0.25, 0.3) is 0 Å². The number of nitrogens with zero attached hydrogens (tertiary/aromatic N) is 4. The smallest absolute Gasteiger partial charge is 0.337 e. The molecule has 8 nitrogen and oxygen atoms in total. The van der Waals surface area contributed by atoms with Crippen LogP contribution in [0.25, 0.3) is 11.2 Å². The van der Waals surface area contributed by atoms with Crippen molar-refractivity contribution in [1.29, 1.82) is 0 Å². The van der Waals surface area contributed by atoms with Gasteiger partial charge >= 0.3 is 5.97 Å². The molecule has 0 unspecified atom stereocenters. The Morgan fingerprint density at radius 3 is 2.90 bits per heavy atom. The lowest BCUT2D eigenvalue weighted by Gasteiger charge is -2.15. The first-order chi connectivity index (χ1) is 9.46. The molecular weight excluding hydrogens is 262 g/mol. The molecule has 1 fully saturated rings. The molecule has 2 aromatic rings. The standard InChI is InChI=1S/C12H15N5O3/c1-12(2)19-7(11(18)20-12)3-4-17-6-16-8-9(13)14-5-15-10(8)17/h5-7H,3-4H2,1-2H3,(H2,13,14,15)/t7-/m0/s1. The van der Waals surface area contributed by atoms with Gasteiger partial charge in [-0.05, 0) is 0 Å². The number of esters is 1. The summed E-state index contributed by atoms with van der Waals surface area (Å²) in [6.07, 6.45) is 2.93. The molecule has 0 bridgehead atoms. The molecule has 0 spiro atoms. The number of hydrogen-bond acceptors (Lipinski definition) is 7. The maximum Gasteiger partial charge on any atom is 0.337 e. The van der Waals surface area contributed by atoms with Gasteiger partial charge in [-0.25, -0.2) is 19.7 Å². The Morgan fingerprint density at radius 2 is 2.20 bits per heavy atom. The van der Waals surface area contributed by atoms with Crippen LogP contribution >= 0.6 is 0 Å². The lowest BCUT2D eigenvalue weighted by Crippen LogP contribution is -2.22. The Hall–Kier alpha value is -2.22. The van der Waals surface area contributed by atoms with Crippen LogP contribution in [0.15, 0.2) is 12.7 Å². The molecule has 0 radical (unpaired) electrons. The first kappa shape index (κ1) is 12.8. The van der Waals surface area contributed by atoms with Crippen molar-refractivity contribution in [2.24, 2.45) is 0 Å². The van der Waals surface area contributed by atoms with E-state index in [4.69, 9.17) is 15.2 Å². The maximum absolute atomic E-state index is 11.6. The predicted molar refractivity (Wildman–Crippen MR) is 69.4 cm³/mol. The number of carbonyl (C=O) groups is 1. The lowest BCUT2D eigenvalue weighted by atomic mass is 10.2. The molecule has 106 valence electrons. The van der Waals surface area contributed by atoms with Crippen molar-refractivity contribution >= 4 is 23.0 Å². The molecule has 1 aliphatic rings. The highest BCUT2D eigenvalue weighted by Crippen LogP contribution is 2.26. The number of carbonyl (C=O) groups excluding carboxylic acids is 1. The number of ether oxygens (including phenoxy) is 2. The summed E-state index contributed by atoms with van der Waals surface area (Å²) in [7, 11) is 0. The molecule has 8 heteroatoms. The SMILES string of the molecule is CC1(C)OC(=O)[C@H](CCn2cnc3c(N)ncnc32)O1. The monoisotopic (exact) mass is 277 g/mol. The zero-order chi connectivity index (χ0) is 14.3. The second kappa shape index (κ2) is 4.41. The van der Waals surface area contributed by atoms with Crippen LogP contribution in [0.5, 0.6) is 0 Å². The van der Waals surface area contributed by atoms with Crippen molar-refractivity contribution in [3.8, 4) is 0 Å². The number of nitrogens with two attached hydrogens (primary N) is 1. The first-order valence-electron chi connectivity index (χ1n) is 6.28. The van der Waals surface area contributed by atoms with Gasteiger partial charge in [0.1, 0.15) is 11.8 Å². The Kier molecular flexibility index (Phi) is 2.82. The number of aryl methyl sites for hydroxylation is 1. The molecular formula is C12H15N5O3. The highest BCUT2D eigenvalue weighted by molar-refractivity contribution is 5.81. The minimum Gasteiger partial charge on any atom is -0.432 e. The van der Waals surface area contributed by atoms with Crippen LogP contribution in [-0.4, -0.2) is 37.4 Å². The van der Waals surface area contributed by atoms with E-state index >= 15 is 0 Å². The van der Waals surface area contributed by atoms with Crippen LogP contribution < -0.4 is 5.73 Å². The van der Waals surface area contributed by atoms with Gasteiger partial charge in [0, 0.05) is 26.8 Å². The highest BCUT2D eigenvalue weighted by atomic mass is 16.8. The minimum absolute atomic E-state index is 0.339. The van der Waals surface area contributed by atoms with E-state index in [9.17, 15) is 4.79 Å². The number of aromatic nitrogens is 4. The second-order valence-electron chi connectivity index (χ2n) is 5.09. The number of rotatable bonds is 3. The Balaban J connectivity index is 1.75. The predicted octanol–water partition coefficient (Wildman–Crippen LogP) is 0.477.